The van der Waals surface area contributed by atoms with Crippen molar-refractivity contribution in [3.05, 3.63) is 165 Å². The SMILES string of the molecule is CCc1c[n+]2cc3oc(C)nc3cc2n1C.CCc1c[n+]2cc3occ(C)c3cc2n1C.CCc1c[n+]2cc3sc(C)nc3cc2n1C.CCc1c[n+]2cc3scc(C)c3cc2n1C.CCc1c[n+]2ccc3c(C)csc3c2n1C. The highest BCUT2D eigenvalue weighted by Gasteiger charge is 2.21. The summed E-state index contributed by atoms with van der Waals surface area (Å²) in [5.74, 6) is 0.710. The van der Waals surface area contributed by atoms with Crippen LogP contribution in [0.2, 0.25) is 0 Å². The highest BCUT2D eigenvalue weighted by molar-refractivity contribution is 7.18. The first-order valence-corrected chi connectivity index (χ1v) is 30.2. The Morgan fingerprint density at radius 1 is 0.463 bits per heavy atom. The van der Waals surface area contributed by atoms with Crippen LogP contribution in [0, 0.1) is 34.6 Å². The summed E-state index contributed by atoms with van der Waals surface area (Å²) in [5, 5.41) is 9.56. The number of fused-ring (bicyclic) bond motifs is 11. The molecule has 15 heterocycles. The standard InChI is InChI=1S/C13H15N2O.2C13H15N2S.C12H14N3O.C12H14N3S/c2*1-4-10-6-15-7-12-11(9(2)8-16-12)5-13(15)14(10)3;1-4-10-7-15-6-5-11-9(2)8-16-12(11)13(15)14(10)3;2*1-4-9-6-15-7-11-10(13-8(2)16-11)5-12(15)14(9)3/h3*5-8H,4H2,1-3H3;2*5-7H,4H2,1-3H3/q5*+1. The van der Waals surface area contributed by atoms with Crippen LogP contribution in [-0.2, 0) is 67.3 Å². The van der Waals surface area contributed by atoms with Crippen molar-refractivity contribution in [3.8, 4) is 0 Å². The number of thiophene rings is 2. The van der Waals surface area contributed by atoms with Crippen LogP contribution in [0.3, 0.4) is 0 Å². The van der Waals surface area contributed by atoms with Gasteiger partial charge in [-0.25, -0.2) is 46.0 Å². The molecule has 0 spiro atoms. The van der Waals surface area contributed by atoms with E-state index in [1.165, 1.54) is 98.0 Å². The quantitative estimate of drug-likeness (QED) is 0.160. The highest BCUT2D eigenvalue weighted by atomic mass is 32.1. The van der Waals surface area contributed by atoms with E-state index < -0.39 is 0 Å². The minimum atomic E-state index is 0.710. The number of pyridine rings is 5. The van der Waals surface area contributed by atoms with Gasteiger partial charge in [-0.15, -0.1) is 34.0 Å². The number of aryl methyl sites for hydroxylation is 15. The fourth-order valence-corrected chi connectivity index (χ4v) is 14.0. The number of aromatic nitrogens is 12. The first-order chi connectivity index (χ1) is 38.5. The molecule has 0 unspecified atom stereocenters. The van der Waals surface area contributed by atoms with Crippen LogP contribution >= 0.6 is 34.0 Å². The van der Waals surface area contributed by atoms with E-state index in [9.17, 15) is 0 Å². The van der Waals surface area contributed by atoms with Gasteiger partial charge in [0.25, 0.3) is 22.6 Å². The molecular formula is C63H73N12O2S3+5. The minimum Gasteiger partial charge on any atom is -0.460 e. The second kappa shape index (κ2) is 21.7. The molecule has 0 radical (unpaired) electrons. The predicted octanol–water partition coefficient (Wildman–Crippen LogP) is 12.1. The molecule has 14 nitrogen and oxygen atoms in total. The van der Waals surface area contributed by atoms with Crippen molar-refractivity contribution in [2.75, 3.05) is 0 Å². The highest BCUT2D eigenvalue weighted by Crippen LogP contribution is 2.29. The number of nitrogens with zero attached hydrogens (tertiary/aromatic N) is 12. The summed E-state index contributed by atoms with van der Waals surface area (Å²) in [7, 11) is 10.6. The largest absolute Gasteiger partial charge is 0.460 e. The number of rotatable bonds is 5. The van der Waals surface area contributed by atoms with E-state index in [4.69, 9.17) is 8.83 Å². The third-order valence-electron chi connectivity index (χ3n) is 15.8. The Morgan fingerprint density at radius 2 is 0.938 bits per heavy atom. The molecule has 0 bridgehead atoms. The Bertz CT molecular complexity index is 4520. The second-order valence-electron chi connectivity index (χ2n) is 20.9. The maximum absolute atomic E-state index is 5.52. The van der Waals surface area contributed by atoms with Crippen molar-refractivity contribution >= 4 is 115 Å². The van der Waals surface area contributed by atoms with Gasteiger partial charge < -0.3 is 8.83 Å². The number of thiazole rings is 1. The lowest BCUT2D eigenvalue weighted by atomic mass is 10.2. The summed E-state index contributed by atoms with van der Waals surface area (Å²) >= 11 is 5.41. The monoisotopic (exact) mass is 1130 g/mol. The number of oxazole rings is 1. The molecule has 0 fully saturated rings. The number of imidazole rings is 5. The lowest BCUT2D eigenvalue weighted by molar-refractivity contribution is -0.509. The Morgan fingerprint density at radius 3 is 1.52 bits per heavy atom. The van der Waals surface area contributed by atoms with Gasteiger partial charge in [-0.1, -0.05) is 34.6 Å². The van der Waals surface area contributed by atoms with E-state index >= 15 is 0 Å². The van der Waals surface area contributed by atoms with Crippen molar-refractivity contribution in [2.45, 2.75) is 101 Å². The summed E-state index contributed by atoms with van der Waals surface area (Å²) in [4.78, 5) is 8.88. The third-order valence-corrected chi connectivity index (χ3v) is 18.9. The first kappa shape index (κ1) is 54.2. The summed E-state index contributed by atoms with van der Waals surface area (Å²) in [6.45, 7) is 21.3. The molecule has 0 aliphatic rings. The van der Waals surface area contributed by atoms with Gasteiger partial charge in [0.05, 0.1) is 79.8 Å². The van der Waals surface area contributed by atoms with E-state index in [1.807, 2.05) is 42.1 Å². The minimum absolute atomic E-state index is 0.710. The summed E-state index contributed by atoms with van der Waals surface area (Å²) in [6, 6.07) is 10.9. The third kappa shape index (κ3) is 9.72. The topological polar surface area (TPSA) is 97.2 Å². The molecule has 410 valence electrons. The van der Waals surface area contributed by atoms with Crippen LogP contribution in [0.1, 0.15) is 90.7 Å². The Hall–Kier alpha value is -7.73. The van der Waals surface area contributed by atoms with Crippen molar-refractivity contribution in [1.82, 2.24) is 32.8 Å². The fourth-order valence-electron chi connectivity index (χ4n) is 11.1. The van der Waals surface area contributed by atoms with Crippen LogP contribution in [0.15, 0.2) is 118 Å². The average molecular weight is 1130 g/mol. The average Bonchev–Trinajstić information content (AvgIpc) is 4.38. The van der Waals surface area contributed by atoms with E-state index in [1.54, 1.807) is 11.3 Å². The smallest absolute Gasteiger partial charge is 0.304 e. The molecule has 0 saturated heterocycles. The number of hydrogen-bond acceptors (Lipinski definition) is 7. The maximum atomic E-state index is 5.52. The van der Waals surface area contributed by atoms with Gasteiger partial charge in [0.15, 0.2) is 17.1 Å². The molecule has 17 heteroatoms. The zero-order valence-electron chi connectivity index (χ0n) is 48.8. The Kier molecular flexibility index (Phi) is 14.7. The van der Waals surface area contributed by atoms with Gasteiger partial charge in [-0.3, -0.25) is 0 Å². The van der Waals surface area contributed by atoms with Crippen molar-refractivity contribution < 1.29 is 30.8 Å². The molecule has 15 aromatic rings. The molecule has 0 aromatic carbocycles. The van der Waals surface area contributed by atoms with Crippen molar-refractivity contribution in [1.29, 1.82) is 0 Å². The van der Waals surface area contributed by atoms with Crippen LogP contribution in [0.25, 0.3) is 80.7 Å². The van der Waals surface area contributed by atoms with E-state index in [2.05, 4.69) is 249 Å². The van der Waals surface area contributed by atoms with Crippen LogP contribution in [0.4, 0.5) is 0 Å². The Balaban J connectivity index is 0.000000105. The van der Waals surface area contributed by atoms with Crippen LogP contribution in [0.5, 0.6) is 0 Å². The summed E-state index contributed by atoms with van der Waals surface area (Å²) < 4.78 is 37.1. The molecule has 15 rings (SSSR count). The molecule has 0 N–H and O–H groups in total. The molecule has 0 aliphatic heterocycles. The predicted molar refractivity (Wildman–Crippen MR) is 325 cm³/mol. The molecule has 0 saturated carbocycles. The Labute approximate surface area is 477 Å². The van der Waals surface area contributed by atoms with Crippen LogP contribution < -0.4 is 22.0 Å². The number of hydrogen-bond donors (Lipinski definition) is 0. The van der Waals surface area contributed by atoms with Gasteiger partial charge in [0, 0.05) is 67.3 Å². The first-order valence-electron chi connectivity index (χ1n) is 27.7. The molecule has 0 amide bonds. The van der Waals surface area contributed by atoms with E-state index in [0.29, 0.717) is 5.89 Å². The fraction of sp³-hybridized carbons (Fsp3) is 0.317. The lowest BCUT2D eigenvalue weighted by Gasteiger charge is -1.93. The van der Waals surface area contributed by atoms with Gasteiger partial charge >= 0.3 is 5.65 Å². The normalized spacial score (nSPS) is 11.7. The second-order valence-corrected chi connectivity index (χ2v) is 23.9. The van der Waals surface area contributed by atoms with E-state index in [0.717, 1.165) is 65.0 Å². The number of furan rings is 1. The maximum Gasteiger partial charge on any atom is 0.304 e. The lowest BCUT2D eigenvalue weighted by Crippen LogP contribution is -2.17. The summed E-state index contributed by atoms with van der Waals surface area (Å²) in [6.07, 6.45) is 28.6. The summed E-state index contributed by atoms with van der Waals surface area (Å²) in [5.41, 5.74) is 20.6. The van der Waals surface area contributed by atoms with E-state index in [-0.39, 0.29) is 0 Å². The molecule has 0 aliphatic carbocycles. The zero-order chi connectivity index (χ0) is 56.4. The van der Waals surface area contributed by atoms with Crippen LogP contribution in [-0.4, -0.2) is 32.8 Å². The van der Waals surface area contributed by atoms with Gasteiger partial charge in [-0.05, 0) is 61.2 Å². The van der Waals surface area contributed by atoms with Gasteiger partial charge in [-0.2, -0.15) is 8.80 Å². The van der Waals surface area contributed by atoms with Crippen molar-refractivity contribution in [3.63, 3.8) is 0 Å². The van der Waals surface area contributed by atoms with Gasteiger partial charge in [0.1, 0.15) is 94.5 Å². The zero-order valence-corrected chi connectivity index (χ0v) is 51.3. The van der Waals surface area contributed by atoms with Gasteiger partial charge in [0.2, 0.25) is 0 Å². The molecular weight excluding hydrogens is 1050 g/mol. The molecule has 0 atom stereocenters. The molecule has 80 heavy (non-hydrogen) atoms. The van der Waals surface area contributed by atoms with Crippen molar-refractivity contribution in [2.24, 2.45) is 35.2 Å². The molecule has 15 aromatic heterocycles.